The van der Waals surface area contributed by atoms with Crippen molar-refractivity contribution in [2.24, 2.45) is 0 Å². The Hall–Kier alpha value is -4.68. The molecule has 7 aromatic carbocycles. The van der Waals surface area contributed by atoms with Gasteiger partial charge in [-0.1, -0.05) is 122 Å². The highest BCUT2D eigenvalue weighted by Gasteiger charge is 2.19. The molecule has 7 rings (SSSR count). The normalized spacial score (nSPS) is 12.2. The Balaban J connectivity index is 1.82. The van der Waals surface area contributed by atoms with Gasteiger partial charge in [-0.2, -0.15) is 0 Å². The van der Waals surface area contributed by atoms with Crippen LogP contribution in [0.1, 0.15) is 12.5 Å². The summed E-state index contributed by atoms with van der Waals surface area (Å²) in [7, 11) is 0. The molecule has 37 heavy (non-hydrogen) atoms. The molecule has 0 heterocycles. The number of benzene rings is 7. The number of fused-ring (bicyclic) bond motifs is 8. The van der Waals surface area contributed by atoms with Crippen LogP contribution in [0.4, 0.5) is 0 Å². The third kappa shape index (κ3) is 3.16. The van der Waals surface area contributed by atoms with Gasteiger partial charge in [-0.05, 0) is 95.2 Å². The molecule has 0 aliphatic carbocycles. The van der Waals surface area contributed by atoms with E-state index in [0.29, 0.717) is 0 Å². The summed E-state index contributed by atoms with van der Waals surface area (Å²) >= 11 is 0. The maximum absolute atomic E-state index is 4.19. The molecule has 0 amide bonds. The van der Waals surface area contributed by atoms with Crippen LogP contribution < -0.4 is 0 Å². The fraction of sp³-hybridized carbons (Fsp3) is 0.0270. The lowest BCUT2D eigenvalue weighted by molar-refractivity contribution is 1.66. The molecule has 0 heteroatoms. The average Bonchev–Trinajstić information content (AvgIpc) is 2.97. The Labute approximate surface area is 216 Å². The van der Waals surface area contributed by atoms with Gasteiger partial charge < -0.3 is 0 Å². The van der Waals surface area contributed by atoms with Crippen molar-refractivity contribution < 1.29 is 0 Å². The first-order valence-corrected chi connectivity index (χ1v) is 12.9. The van der Waals surface area contributed by atoms with Gasteiger partial charge in [-0.15, -0.1) is 0 Å². The predicted molar refractivity (Wildman–Crippen MR) is 163 cm³/mol. The number of hydrogen-bond acceptors (Lipinski definition) is 0. The van der Waals surface area contributed by atoms with Crippen LogP contribution in [0.3, 0.4) is 0 Å². The second-order valence-electron chi connectivity index (χ2n) is 9.64. The summed E-state index contributed by atoms with van der Waals surface area (Å²) in [5, 5.41) is 12.8. The monoisotopic (exact) mass is 470 g/mol. The van der Waals surface area contributed by atoms with Gasteiger partial charge in [-0.3, -0.25) is 0 Å². The van der Waals surface area contributed by atoms with Crippen LogP contribution in [0, 0.1) is 0 Å². The van der Waals surface area contributed by atoms with Gasteiger partial charge in [-0.25, -0.2) is 0 Å². The first-order chi connectivity index (χ1) is 18.3. The number of allylic oxidation sites excluding steroid dienone is 3. The predicted octanol–water partition coefficient (Wildman–Crippen LogP) is 10.7. The third-order valence-corrected chi connectivity index (χ3v) is 7.77. The van der Waals surface area contributed by atoms with Gasteiger partial charge in [0.15, 0.2) is 0 Å². The Morgan fingerprint density at radius 3 is 1.49 bits per heavy atom. The molecule has 0 radical (unpaired) electrons. The molecule has 0 bridgehead atoms. The number of rotatable bonds is 3. The van der Waals surface area contributed by atoms with Gasteiger partial charge in [0.25, 0.3) is 0 Å². The zero-order valence-corrected chi connectivity index (χ0v) is 20.8. The van der Waals surface area contributed by atoms with E-state index >= 15 is 0 Å². The van der Waals surface area contributed by atoms with Crippen molar-refractivity contribution in [1.29, 1.82) is 0 Å². The summed E-state index contributed by atoms with van der Waals surface area (Å²) in [4.78, 5) is 0. The highest BCUT2D eigenvalue weighted by atomic mass is 14.2. The smallest absolute Gasteiger partial charge is 0.00261 e. The fourth-order valence-corrected chi connectivity index (χ4v) is 6.17. The quantitative estimate of drug-likeness (QED) is 0.137. The van der Waals surface area contributed by atoms with Gasteiger partial charge in [0.2, 0.25) is 0 Å². The Morgan fingerprint density at radius 2 is 0.946 bits per heavy atom. The van der Waals surface area contributed by atoms with E-state index in [9.17, 15) is 0 Å². The van der Waals surface area contributed by atoms with Crippen molar-refractivity contribution >= 4 is 59.4 Å². The molecule has 0 unspecified atom stereocenters. The van der Waals surface area contributed by atoms with Crippen molar-refractivity contribution in [3.63, 3.8) is 0 Å². The second kappa shape index (κ2) is 8.47. The van der Waals surface area contributed by atoms with E-state index in [4.69, 9.17) is 0 Å². The van der Waals surface area contributed by atoms with Crippen LogP contribution >= 0.6 is 0 Å². The molecule has 0 nitrogen and oxygen atoms in total. The lowest BCUT2D eigenvalue weighted by Crippen LogP contribution is -1.94. The molecule has 0 N–H and O–H groups in total. The van der Waals surface area contributed by atoms with E-state index in [0.717, 1.165) is 5.57 Å². The molecule has 0 atom stereocenters. The van der Waals surface area contributed by atoms with Crippen molar-refractivity contribution in [3.05, 3.63) is 140 Å². The van der Waals surface area contributed by atoms with Crippen LogP contribution in [-0.2, 0) is 0 Å². The largest absolute Gasteiger partial charge is 0.0985 e. The first-order valence-electron chi connectivity index (χ1n) is 12.9. The molecule has 0 saturated heterocycles. The van der Waals surface area contributed by atoms with Crippen molar-refractivity contribution in [2.45, 2.75) is 6.92 Å². The van der Waals surface area contributed by atoms with Gasteiger partial charge >= 0.3 is 0 Å². The molecule has 7 aromatic rings. The van der Waals surface area contributed by atoms with Crippen molar-refractivity contribution in [3.8, 4) is 11.1 Å². The topological polar surface area (TPSA) is 0 Å². The second-order valence-corrected chi connectivity index (χ2v) is 9.64. The third-order valence-electron chi connectivity index (χ3n) is 7.77. The minimum Gasteiger partial charge on any atom is -0.0985 e. The van der Waals surface area contributed by atoms with Crippen LogP contribution in [0.2, 0.25) is 0 Å². The maximum Gasteiger partial charge on any atom is -0.00261 e. The highest BCUT2D eigenvalue weighted by Crippen LogP contribution is 2.45. The average molecular weight is 471 g/mol. The van der Waals surface area contributed by atoms with Crippen LogP contribution in [0.5, 0.6) is 0 Å². The molecule has 174 valence electrons. The summed E-state index contributed by atoms with van der Waals surface area (Å²) < 4.78 is 0. The molecule has 0 fully saturated rings. The SMILES string of the molecule is C=CC(=CC)c1c2ccccc2c(-c2ccccc2)c2cc3c4ccccc4c4ccccc4c3cc12. The Bertz CT molecular complexity index is 2040. The lowest BCUT2D eigenvalue weighted by atomic mass is 9.83. The van der Waals surface area contributed by atoms with Gasteiger partial charge in [0.05, 0.1) is 0 Å². The van der Waals surface area contributed by atoms with Crippen LogP contribution in [0.25, 0.3) is 70.6 Å². The van der Waals surface area contributed by atoms with E-state index in [1.165, 1.54) is 70.6 Å². The van der Waals surface area contributed by atoms with Gasteiger partial charge in [0.1, 0.15) is 0 Å². The minimum atomic E-state index is 1.16. The lowest BCUT2D eigenvalue weighted by Gasteiger charge is -2.20. The maximum atomic E-state index is 4.19. The zero-order chi connectivity index (χ0) is 24.9. The van der Waals surface area contributed by atoms with E-state index in [2.05, 4.69) is 135 Å². The van der Waals surface area contributed by atoms with Crippen molar-refractivity contribution in [2.75, 3.05) is 0 Å². The minimum absolute atomic E-state index is 1.16. The summed E-state index contributed by atoms with van der Waals surface area (Å²) in [6.07, 6.45) is 4.17. The van der Waals surface area contributed by atoms with E-state index < -0.39 is 0 Å². The molecule has 0 saturated carbocycles. The Morgan fingerprint density at radius 1 is 0.486 bits per heavy atom. The Kier molecular flexibility index (Phi) is 4.94. The van der Waals surface area contributed by atoms with Gasteiger partial charge in [0, 0.05) is 0 Å². The molecule has 0 aliphatic heterocycles. The molecule has 0 aromatic heterocycles. The molecule has 0 aliphatic rings. The summed E-state index contributed by atoms with van der Waals surface area (Å²) in [5.74, 6) is 0. The van der Waals surface area contributed by atoms with E-state index in [1.54, 1.807) is 0 Å². The molecular formula is C37H26. The zero-order valence-electron chi connectivity index (χ0n) is 20.8. The molecular weight excluding hydrogens is 444 g/mol. The highest BCUT2D eigenvalue weighted by molar-refractivity contribution is 6.30. The van der Waals surface area contributed by atoms with Crippen LogP contribution in [-0.4, -0.2) is 0 Å². The van der Waals surface area contributed by atoms with Crippen LogP contribution in [0.15, 0.2) is 134 Å². The summed E-state index contributed by atoms with van der Waals surface area (Å²) in [6.45, 7) is 6.29. The van der Waals surface area contributed by atoms with E-state index in [1.807, 2.05) is 6.08 Å². The number of hydrogen-bond donors (Lipinski definition) is 0. The summed E-state index contributed by atoms with van der Waals surface area (Å²) in [5.41, 5.74) is 4.93. The standard InChI is InChI=1S/C37H26/c1-3-24(4-2)36-30-20-12-13-21-31(30)37(25-14-6-5-7-15-25)35-23-33-29-19-11-9-17-27(29)26-16-8-10-18-28(26)32(33)22-34(35)36/h3-23H,1H2,2H3. The first kappa shape index (κ1) is 21.6. The fourth-order valence-electron chi connectivity index (χ4n) is 6.17. The van der Waals surface area contributed by atoms with E-state index in [-0.39, 0.29) is 0 Å². The van der Waals surface area contributed by atoms with Crippen molar-refractivity contribution in [1.82, 2.24) is 0 Å². The molecule has 0 spiro atoms. The summed E-state index contributed by atoms with van der Waals surface area (Å²) in [6, 6.07) is 42.1.